The first-order chi connectivity index (χ1) is 23.5. The fourth-order valence-electron chi connectivity index (χ4n) is 5.28. The van der Waals surface area contributed by atoms with Crippen LogP contribution in [0.4, 0.5) is 10.1 Å². The molecule has 3 atom stereocenters. The van der Waals surface area contributed by atoms with Gasteiger partial charge in [0.1, 0.15) is 18.1 Å². The van der Waals surface area contributed by atoms with Crippen LogP contribution in [0.5, 0.6) is 0 Å². The molecule has 252 valence electrons. The van der Waals surface area contributed by atoms with Crippen LogP contribution in [-0.4, -0.2) is 62.0 Å². The minimum absolute atomic E-state index is 0.127. The smallest absolute Gasteiger partial charge is 0.251 e. The lowest BCUT2D eigenvalue weighted by atomic mass is 10.0. The van der Waals surface area contributed by atoms with Crippen molar-refractivity contribution in [3.63, 3.8) is 0 Å². The van der Waals surface area contributed by atoms with Gasteiger partial charge >= 0.3 is 0 Å². The third-order valence-corrected chi connectivity index (χ3v) is 8.63. The first-order valence-electron chi connectivity index (χ1n) is 15.6. The fraction of sp³-hybridized carbons (Fsp3) is 0.216. The Kier molecular flexibility index (Phi) is 11.4. The maximum absolute atomic E-state index is 13.9. The van der Waals surface area contributed by atoms with Crippen molar-refractivity contribution in [2.75, 3.05) is 24.1 Å². The summed E-state index contributed by atoms with van der Waals surface area (Å²) in [7, 11) is 0.514. The van der Waals surface area contributed by atoms with Crippen molar-refractivity contribution < 1.29 is 23.0 Å². The van der Waals surface area contributed by atoms with Gasteiger partial charge in [-0.15, -0.1) is 5.10 Å². The molecule has 0 aliphatic carbocycles. The van der Waals surface area contributed by atoms with Crippen LogP contribution in [0.2, 0.25) is 0 Å². The van der Waals surface area contributed by atoms with Gasteiger partial charge in [-0.05, 0) is 54.8 Å². The van der Waals surface area contributed by atoms with E-state index in [0.29, 0.717) is 16.9 Å². The van der Waals surface area contributed by atoms with E-state index in [-0.39, 0.29) is 41.6 Å². The Morgan fingerprint density at radius 3 is 2.12 bits per heavy atom. The van der Waals surface area contributed by atoms with Gasteiger partial charge < -0.3 is 15.5 Å². The number of nitrogens with one attached hydrogen (secondary N) is 2. The number of Topliss-reactive ketones (excluding diaryl/α,β-unsaturated/α-hetero) is 1. The lowest BCUT2D eigenvalue weighted by molar-refractivity contribution is -0.121. The standard InChI is InChI=1S/C37H37FN6O4S/c1-25(27-14-16-31(38)17-15-27)39-36(46)29-19-30(21-32(20-29)43(2)24-49(3)48)37(47)40-33(18-26-10-6-4-7-11-26)35(45)23-44-22-34(41-42-44)28-12-8-5-9-13-28/h4-17,19-22,25,33H,18,23-24H2,1-3H3,(H,39,46)(H,40,47). The minimum Gasteiger partial charge on any atom is -0.363 e. The number of anilines is 1. The fourth-order valence-corrected chi connectivity index (χ4v) is 5.97. The number of aromatic nitrogens is 3. The molecule has 1 aromatic heterocycles. The second kappa shape index (κ2) is 16.1. The summed E-state index contributed by atoms with van der Waals surface area (Å²) in [5, 5.41) is 14.1. The SMILES string of the molecule is CC(NC(=O)c1cc(C(=O)NC(Cc2ccccc2)C(=O)Cn2cc(-c3ccccc3)nn2)cc(N(C)CS(C)=O)c1)c1ccc(F)cc1. The molecule has 3 unspecified atom stereocenters. The highest BCUT2D eigenvalue weighted by Crippen LogP contribution is 2.22. The number of ketones is 1. The van der Waals surface area contributed by atoms with Gasteiger partial charge in [0.15, 0.2) is 5.78 Å². The molecule has 0 fully saturated rings. The van der Waals surface area contributed by atoms with E-state index in [1.807, 2.05) is 60.7 Å². The first-order valence-corrected chi connectivity index (χ1v) is 17.3. The highest BCUT2D eigenvalue weighted by atomic mass is 32.2. The van der Waals surface area contributed by atoms with Crippen LogP contribution in [0, 0.1) is 5.82 Å². The lowest BCUT2D eigenvalue weighted by Gasteiger charge is -2.22. The first kappa shape index (κ1) is 34.8. The van der Waals surface area contributed by atoms with Gasteiger partial charge in [0, 0.05) is 46.5 Å². The summed E-state index contributed by atoms with van der Waals surface area (Å²) in [5.74, 6) is -1.54. The number of rotatable bonds is 14. The predicted molar refractivity (Wildman–Crippen MR) is 188 cm³/mol. The summed E-state index contributed by atoms with van der Waals surface area (Å²) in [6.45, 7) is 1.64. The van der Waals surface area contributed by atoms with Crippen LogP contribution in [-0.2, 0) is 28.6 Å². The summed E-state index contributed by atoms with van der Waals surface area (Å²) in [5.41, 5.74) is 3.84. The van der Waals surface area contributed by atoms with Gasteiger partial charge in [0.05, 0.1) is 24.2 Å². The summed E-state index contributed by atoms with van der Waals surface area (Å²) >= 11 is 0. The van der Waals surface area contributed by atoms with E-state index in [9.17, 15) is 23.0 Å². The van der Waals surface area contributed by atoms with Crippen LogP contribution >= 0.6 is 0 Å². The number of hydrogen-bond acceptors (Lipinski definition) is 7. The Labute approximate surface area is 286 Å². The van der Waals surface area contributed by atoms with Crippen molar-refractivity contribution in [1.29, 1.82) is 0 Å². The van der Waals surface area contributed by atoms with Crippen molar-refractivity contribution in [2.24, 2.45) is 0 Å². The largest absolute Gasteiger partial charge is 0.363 e. The van der Waals surface area contributed by atoms with Crippen molar-refractivity contribution in [3.05, 3.63) is 137 Å². The number of hydrogen-bond donors (Lipinski definition) is 2. The summed E-state index contributed by atoms with van der Waals surface area (Å²) in [6, 6.07) is 27.9. The molecule has 5 rings (SSSR count). The summed E-state index contributed by atoms with van der Waals surface area (Å²) < 4.78 is 27.0. The van der Waals surface area contributed by atoms with E-state index in [1.54, 1.807) is 55.6 Å². The van der Waals surface area contributed by atoms with Gasteiger partial charge in [-0.3, -0.25) is 18.6 Å². The molecule has 0 saturated heterocycles. The maximum Gasteiger partial charge on any atom is 0.251 e. The van der Waals surface area contributed by atoms with Crippen LogP contribution in [0.3, 0.4) is 0 Å². The van der Waals surface area contributed by atoms with E-state index in [2.05, 4.69) is 20.9 Å². The zero-order valence-electron chi connectivity index (χ0n) is 27.4. The van der Waals surface area contributed by atoms with E-state index in [4.69, 9.17) is 0 Å². The zero-order valence-corrected chi connectivity index (χ0v) is 28.2. The molecular formula is C37H37FN6O4S. The number of nitrogens with zero attached hydrogens (tertiary/aromatic N) is 4. The summed E-state index contributed by atoms with van der Waals surface area (Å²) in [4.78, 5) is 42.8. The molecule has 1 heterocycles. The van der Waals surface area contributed by atoms with Crippen LogP contribution < -0.4 is 15.5 Å². The molecule has 4 aromatic carbocycles. The number of halogens is 1. The molecular weight excluding hydrogens is 644 g/mol. The Morgan fingerprint density at radius 1 is 0.878 bits per heavy atom. The molecule has 2 N–H and O–H groups in total. The average molecular weight is 681 g/mol. The molecule has 0 aliphatic rings. The van der Waals surface area contributed by atoms with Crippen molar-refractivity contribution >= 4 is 34.1 Å². The summed E-state index contributed by atoms with van der Waals surface area (Å²) in [6.07, 6.45) is 3.47. The number of amides is 2. The predicted octanol–water partition coefficient (Wildman–Crippen LogP) is 4.96. The molecule has 0 radical (unpaired) electrons. The topological polar surface area (TPSA) is 126 Å². The average Bonchev–Trinajstić information content (AvgIpc) is 3.57. The minimum atomic E-state index is -1.20. The van der Waals surface area contributed by atoms with Gasteiger partial charge in [-0.1, -0.05) is 78.0 Å². The monoisotopic (exact) mass is 680 g/mol. The molecule has 49 heavy (non-hydrogen) atoms. The second-order valence-electron chi connectivity index (χ2n) is 11.8. The van der Waals surface area contributed by atoms with Gasteiger partial charge in [-0.25, -0.2) is 9.07 Å². The van der Waals surface area contributed by atoms with Crippen molar-refractivity contribution in [2.45, 2.75) is 32.0 Å². The van der Waals surface area contributed by atoms with Crippen molar-refractivity contribution in [1.82, 2.24) is 25.6 Å². The Balaban J connectivity index is 1.40. The van der Waals surface area contributed by atoms with Crippen molar-refractivity contribution in [3.8, 4) is 11.3 Å². The molecule has 0 aliphatic heterocycles. The van der Waals surface area contributed by atoms with Crippen LogP contribution in [0.25, 0.3) is 11.3 Å². The van der Waals surface area contributed by atoms with Gasteiger partial charge in [0.2, 0.25) is 0 Å². The van der Waals surface area contributed by atoms with E-state index in [0.717, 1.165) is 11.1 Å². The molecule has 12 heteroatoms. The third kappa shape index (κ3) is 9.54. The quantitative estimate of drug-likeness (QED) is 0.170. The molecule has 2 amide bonds. The number of benzene rings is 4. The number of carbonyl (C=O) groups excluding carboxylic acids is 3. The maximum atomic E-state index is 13.9. The lowest BCUT2D eigenvalue weighted by Crippen LogP contribution is -2.44. The Bertz CT molecular complexity index is 1940. The second-order valence-corrected chi connectivity index (χ2v) is 13.2. The van der Waals surface area contributed by atoms with Gasteiger partial charge in [-0.2, -0.15) is 0 Å². The number of carbonyl (C=O) groups is 3. The Hall–Kier alpha value is -5.49. The molecule has 0 spiro atoms. The zero-order chi connectivity index (χ0) is 34.9. The van der Waals surface area contributed by atoms with E-state index in [1.165, 1.54) is 22.9 Å². The van der Waals surface area contributed by atoms with E-state index < -0.39 is 34.7 Å². The molecule has 5 aromatic rings. The highest BCUT2D eigenvalue weighted by Gasteiger charge is 2.25. The normalized spacial score (nSPS) is 12.8. The van der Waals surface area contributed by atoms with Crippen LogP contribution in [0.15, 0.2) is 109 Å². The third-order valence-electron chi connectivity index (χ3n) is 7.88. The van der Waals surface area contributed by atoms with Gasteiger partial charge in [0.25, 0.3) is 11.8 Å². The van der Waals surface area contributed by atoms with E-state index >= 15 is 0 Å². The Morgan fingerprint density at radius 2 is 1.49 bits per heavy atom. The molecule has 10 nitrogen and oxygen atoms in total. The highest BCUT2D eigenvalue weighted by molar-refractivity contribution is 7.84. The van der Waals surface area contributed by atoms with Crippen LogP contribution in [0.1, 0.15) is 44.8 Å². The molecule has 0 bridgehead atoms. The molecule has 0 saturated carbocycles.